The highest BCUT2D eigenvalue weighted by Gasteiger charge is 2.23. The number of anilines is 2. The van der Waals surface area contributed by atoms with Crippen LogP contribution in [0, 0.1) is 0 Å². The van der Waals surface area contributed by atoms with Crippen LogP contribution in [-0.2, 0) is 0 Å². The summed E-state index contributed by atoms with van der Waals surface area (Å²) in [6.45, 7) is 3.29. The zero-order chi connectivity index (χ0) is 13.2. The molecule has 1 fully saturated rings. The summed E-state index contributed by atoms with van der Waals surface area (Å²) < 4.78 is 0. The Labute approximate surface area is 114 Å². The number of fused-ring (bicyclic) bond motifs is 1. The smallest absolute Gasteiger partial charge is 0.0450 e. The molecule has 1 aromatic carbocycles. The molecule has 2 N–H and O–H groups in total. The number of nitrogen functional groups attached to an aromatic ring is 1. The second kappa shape index (κ2) is 5.08. The fourth-order valence-corrected chi connectivity index (χ4v) is 3.29. The molecule has 0 radical (unpaired) electrons. The molecule has 0 amide bonds. The van der Waals surface area contributed by atoms with Crippen molar-refractivity contribution >= 4 is 22.1 Å². The normalized spacial score (nSPS) is 16.1. The topological polar surface area (TPSA) is 42.1 Å². The first-order valence-corrected chi connectivity index (χ1v) is 7.20. The molecule has 0 atom stereocenters. The first kappa shape index (κ1) is 12.3. The lowest BCUT2D eigenvalue weighted by atomic mass is 10.1. The van der Waals surface area contributed by atoms with Crippen molar-refractivity contribution in [1.29, 1.82) is 0 Å². The van der Waals surface area contributed by atoms with E-state index in [9.17, 15) is 0 Å². The van der Waals surface area contributed by atoms with Gasteiger partial charge in [0.2, 0.25) is 0 Å². The van der Waals surface area contributed by atoms with Gasteiger partial charge in [0.25, 0.3) is 0 Å². The largest absolute Gasteiger partial charge is 0.398 e. The molecule has 3 rings (SSSR count). The molecule has 3 heteroatoms. The van der Waals surface area contributed by atoms with E-state index in [1.54, 1.807) is 0 Å². The van der Waals surface area contributed by atoms with Crippen molar-refractivity contribution in [3.63, 3.8) is 0 Å². The number of rotatable bonds is 3. The Bertz CT molecular complexity index is 573. The highest BCUT2D eigenvalue weighted by atomic mass is 15.2. The minimum absolute atomic E-state index is 0.685. The van der Waals surface area contributed by atoms with Gasteiger partial charge in [0.15, 0.2) is 0 Å². The van der Waals surface area contributed by atoms with Gasteiger partial charge in [0, 0.05) is 47.1 Å². The van der Waals surface area contributed by atoms with E-state index in [1.807, 2.05) is 18.5 Å². The summed E-state index contributed by atoms with van der Waals surface area (Å²) in [4.78, 5) is 6.74. The average Bonchev–Trinajstić information content (AvgIpc) is 2.96. The first-order valence-electron chi connectivity index (χ1n) is 7.20. The number of benzene rings is 1. The zero-order valence-electron chi connectivity index (χ0n) is 11.5. The van der Waals surface area contributed by atoms with Crippen LogP contribution in [0.15, 0.2) is 30.6 Å². The van der Waals surface area contributed by atoms with E-state index in [0.29, 0.717) is 6.04 Å². The monoisotopic (exact) mass is 255 g/mol. The molecular weight excluding hydrogens is 234 g/mol. The fraction of sp³-hybridized carbons (Fsp3) is 0.438. The Morgan fingerprint density at radius 2 is 2.00 bits per heavy atom. The maximum absolute atomic E-state index is 6.06. The van der Waals surface area contributed by atoms with Gasteiger partial charge in [-0.05, 0) is 38.0 Å². The number of nitrogens with two attached hydrogens (primary N) is 1. The quantitative estimate of drug-likeness (QED) is 0.852. The summed E-state index contributed by atoms with van der Waals surface area (Å²) >= 11 is 0. The minimum Gasteiger partial charge on any atom is -0.398 e. The summed E-state index contributed by atoms with van der Waals surface area (Å²) in [7, 11) is 0. The molecular formula is C16H21N3. The molecule has 19 heavy (non-hydrogen) atoms. The van der Waals surface area contributed by atoms with E-state index in [2.05, 4.69) is 28.9 Å². The molecule has 1 saturated carbocycles. The van der Waals surface area contributed by atoms with Crippen molar-refractivity contribution in [2.45, 2.75) is 38.6 Å². The van der Waals surface area contributed by atoms with Crippen LogP contribution in [0.4, 0.5) is 11.4 Å². The van der Waals surface area contributed by atoms with E-state index >= 15 is 0 Å². The van der Waals surface area contributed by atoms with Crippen LogP contribution in [0.1, 0.15) is 32.6 Å². The number of hydrogen-bond donors (Lipinski definition) is 1. The summed E-state index contributed by atoms with van der Waals surface area (Å²) in [5.41, 5.74) is 8.18. The lowest BCUT2D eigenvalue weighted by molar-refractivity contribution is 0.621. The molecule has 1 heterocycles. The molecule has 3 nitrogen and oxygen atoms in total. The molecule has 1 aliphatic rings. The van der Waals surface area contributed by atoms with Gasteiger partial charge in [0.1, 0.15) is 0 Å². The fourth-order valence-electron chi connectivity index (χ4n) is 3.29. The Balaban J connectivity index is 2.10. The van der Waals surface area contributed by atoms with Crippen molar-refractivity contribution in [1.82, 2.24) is 4.98 Å². The van der Waals surface area contributed by atoms with Gasteiger partial charge in [-0.15, -0.1) is 0 Å². The van der Waals surface area contributed by atoms with Crippen LogP contribution in [0.5, 0.6) is 0 Å². The lowest BCUT2D eigenvalue weighted by Gasteiger charge is -2.31. The van der Waals surface area contributed by atoms with E-state index in [-0.39, 0.29) is 0 Å². The standard InChI is InChI=1S/C16H21N3/c1-2-19(12-5-3-4-6-12)16-8-7-15(17)14-11-18-10-9-13(14)16/h7-12H,2-6,17H2,1H3. The van der Waals surface area contributed by atoms with Crippen LogP contribution in [0.25, 0.3) is 10.8 Å². The van der Waals surface area contributed by atoms with Gasteiger partial charge in [-0.25, -0.2) is 0 Å². The SMILES string of the molecule is CCN(c1ccc(N)c2cnccc12)C1CCCC1. The summed E-state index contributed by atoms with van der Waals surface area (Å²) in [5, 5.41) is 2.29. The molecule has 0 spiro atoms. The van der Waals surface area contributed by atoms with Gasteiger partial charge >= 0.3 is 0 Å². The van der Waals surface area contributed by atoms with Gasteiger partial charge in [-0.1, -0.05) is 12.8 Å². The number of aromatic nitrogens is 1. The van der Waals surface area contributed by atoms with Crippen LogP contribution in [0.3, 0.4) is 0 Å². The predicted octanol–water partition coefficient (Wildman–Crippen LogP) is 3.59. The highest BCUT2D eigenvalue weighted by molar-refractivity contribution is 6.00. The summed E-state index contributed by atoms with van der Waals surface area (Å²) in [5.74, 6) is 0. The van der Waals surface area contributed by atoms with Crippen molar-refractivity contribution in [3.8, 4) is 0 Å². The summed E-state index contributed by atoms with van der Waals surface area (Å²) in [6, 6.07) is 6.94. The van der Waals surface area contributed by atoms with Crippen molar-refractivity contribution < 1.29 is 0 Å². The molecule has 1 aromatic heterocycles. The summed E-state index contributed by atoms with van der Waals surface area (Å²) in [6.07, 6.45) is 9.06. The third kappa shape index (κ3) is 2.14. The van der Waals surface area contributed by atoms with Gasteiger partial charge < -0.3 is 10.6 Å². The molecule has 0 saturated heterocycles. The molecule has 0 bridgehead atoms. The molecule has 0 unspecified atom stereocenters. The van der Waals surface area contributed by atoms with Crippen molar-refractivity contribution in [3.05, 3.63) is 30.6 Å². The van der Waals surface area contributed by atoms with Gasteiger partial charge in [-0.3, -0.25) is 4.98 Å². The molecule has 100 valence electrons. The maximum atomic E-state index is 6.06. The van der Waals surface area contributed by atoms with Crippen LogP contribution >= 0.6 is 0 Å². The second-order valence-corrected chi connectivity index (χ2v) is 5.32. The third-order valence-electron chi connectivity index (χ3n) is 4.24. The average molecular weight is 255 g/mol. The maximum Gasteiger partial charge on any atom is 0.0450 e. The highest BCUT2D eigenvalue weighted by Crippen LogP contribution is 2.34. The van der Waals surface area contributed by atoms with E-state index in [4.69, 9.17) is 5.73 Å². The predicted molar refractivity (Wildman–Crippen MR) is 81.4 cm³/mol. The first-order chi connectivity index (χ1) is 9.31. The lowest BCUT2D eigenvalue weighted by Crippen LogP contribution is -2.33. The van der Waals surface area contributed by atoms with Crippen LogP contribution < -0.4 is 10.6 Å². The molecule has 1 aliphatic carbocycles. The number of pyridine rings is 1. The minimum atomic E-state index is 0.685. The number of nitrogens with zero attached hydrogens (tertiary/aromatic N) is 2. The molecule has 2 aromatic rings. The van der Waals surface area contributed by atoms with E-state index < -0.39 is 0 Å². The number of hydrogen-bond acceptors (Lipinski definition) is 3. The Morgan fingerprint density at radius 3 is 2.74 bits per heavy atom. The third-order valence-corrected chi connectivity index (χ3v) is 4.24. The van der Waals surface area contributed by atoms with Crippen LogP contribution in [0.2, 0.25) is 0 Å². The van der Waals surface area contributed by atoms with E-state index in [0.717, 1.165) is 17.6 Å². The molecule has 0 aliphatic heterocycles. The van der Waals surface area contributed by atoms with Crippen LogP contribution in [-0.4, -0.2) is 17.6 Å². The van der Waals surface area contributed by atoms with Gasteiger partial charge in [0.05, 0.1) is 0 Å². The van der Waals surface area contributed by atoms with Crippen molar-refractivity contribution in [2.75, 3.05) is 17.2 Å². The Hall–Kier alpha value is -1.77. The van der Waals surface area contributed by atoms with Crippen molar-refractivity contribution in [2.24, 2.45) is 0 Å². The second-order valence-electron chi connectivity index (χ2n) is 5.32. The Morgan fingerprint density at radius 1 is 1.21 bits per heavy atom. The van der Waals surface area contributed by atoms with E-state index in [1.165, 1.54) is 36.8 Å². The Kier molecular flexibility index (Phi) is 3.28. The zero-order valence-corrected chi connectivity index (χ0v) is 11.5. The van der Waals surface area contributed by atoms with Gasteiger partial charge in [-0.2, -0.15) is 0 Å².